The number of carbonyl (C=O) groups excluding carboxylic acids is 1. The fraction of sp³-hybridized carbons (Fsp3) is 0.278. The zero-order chi connectivity index (χ0) is 20.0. The van der Waals surface area contributed by atoms with Gasteiger partial charge in [0.05, 0.1) is 31.8 Å². The maximum absolute atomic E-state index is 12.5. The van der Waals surface area contributed by atoms with Crippen molar-refractivity contribution in [1.82, 2.24) is 0 Å². The van der Waals surface area contributed by atoms with Gasteiger partial charge in [0, 0.05) is 16.1 Å². The lowest BCUT2D eigenvalue weighted by molar-refractivity contribution is -0.385. The first-order chi connectivity index (χ1) is 12.9. The summed E-state index contributed by atoms with van der Waals surface area (Å²) in [5.41, 5.74) is -0.0412. The van der Waals surface area contributed by atoms with Gasteiger partial charge >= 0.3 is 5.97 Å². The number of halogens is 1. The third-order valence-corrected chi connectivity index (χ3v) is 4.09. The Morgan fingerprint density at radius 3 is 2.41 bits per heavy atom. The molecule has 27 heavy (non-hydrogen) atoms. The van der Waals surface area contributed by atoms with Gasteiger partial charge in [-0.25, -0.2) is 4.79 Å². The molecule has 0 spiro atoms. The molecule has 0 aliphatic heterocycles. The quantitative estimate of drug-likeness (QED) is 0.346. The number of nitro groups is 1. The van der Waals surface area contributed by atoms with Crippen LogP contribution in [0.1, 0.15) is 22.8 Å². The number of carbonyl (C=O) groups is 1. The fourth-order valence-electron chi connectivity index (χ4n) is 2.37. The van der Waals surface area contributed by atoms with Crippen molar-refractivity contribution in [2.75, 3.05) is 20.8 Å². The highest BCUT2D eigenvalue weighted by molar-refractivity contribution is 9.10. The van der Waals surface area contributed by atoms with Crippen LogP contribution >= 0.6 is 15.9 Å². The van der Waals surface area contributed by atoms with E-state index in [0.29, 0.717) is 17.9 Å². The van der Waals surface area contributed by atoms with Crippen LogP contribution in [0.2, 0.25) is 0 Å². The zero-order valence-corrected chi connectivity index (χ0v) is 16.6. The van der Waals surface area contributed by atoms with Gasteiger partial charge in [0.1, 0.15) is 17.9 Å². The Balaban J connectivity index is 2.32. The van der Waals surface area contributed by atoms with E-state index >= 15 is 0 Å². The van der Waals surface area contributed by atoms with Crippen LogP contribution in [-0.2, 0) is 11.3 Å². The lowest BCUT2D eigenvalue weighted by atomic mass is 10.1. The summed E-state index contributed by atoms with van der Waals surface area (Å²) in [5.74, 6) is 0.0567. The Hall–Kier alpha value is -2.81. The maximum Gasteiger partial charge on any atom is 0.345 e. The number of nitro benzene ring substituents is 1. The van der Waals surface area contributed by atoms with Crippen molar-refractivity contribution in [3.05, 3.63) is 56.0 Å². The molecule has 0 heterocycles. The molecule has 0 unspecified atom stereocenters. The van der Waals surface area contributed by atoms with Gasteiger partial charge in [0.2, 0.25) is 0 Å². The summed E-state index contributed by atoms with van der Waals surface area (Å²) in [6, 6.07) is 7.63. The van der Waals surface area contributed by atoms with Gasteiger partial charge in [-0.3, -0.25) is 10.1 Å². The third kappa shape index (κ3) is 4.88. The molecule has 8 nitrogen and oxygen atoms in total. The van der Waals surface area contributed by atoms with E-state index < -0.39 is 16.6 Å². The molecule has 0 atom stereocenters. The lowest BCUT2D eigenvalue weighted by Gasteiger charge is -2.12. The number of methoxy groups -OCH3 is 2. The standard InChI is InChI=1S/C18H18BrNO7/c1-4-26-17-9-14(20(22)23)13(8-16(17)25-3)18(21)27-10-11-7-12(19)5-6-15(11)24-2/h5-9H,4,10H2,1-3H3. The van der Waals surface area contributed by atoms with E-state index in [4.69, 9.17) is 18.9 Å². The number of benzene rings is 2. The summed E-state index contributed by atoms with van der Waals surface area (Å²) < 4.78 is 21.7. The van der Waals surface area contributed by atoms with E-state index in [-0.39, 0.29) is 23.7 Å². The van der Waals surface area contributed by atoms with E-state index in [1.807, 2.05) is 0 Å². The second kappa shape index (κ2) is 9.22. The molecular formula is C18H18BrNO7. The predicted octanol–water partition coefficient (Wildman–Crippen LogP) is 4.13. The number of rotatable bonds is 8. The van der Waals surface area contributed by atoms with E-state index in [9.17, 15) is 14.9 Å². The molecular weight excluding hydrogens is 422 g/mol. The van der Waals surface area contributed by atoms with Gasteiger partial charge in [-0.15, -0.1) is 0 Å². The fourth-order valence-corrected chi connectivity index (χ4v) is 2.78. The van der Waals surface area contributed by atoms with E-state index in [2.05, 4.69) is 15.9 Å². The van der Waals surface area contributed by atoms with Gasteiger partial charge in [-0.05, 0) is 25.1 Å². The van der Waals surface area contributed by atoms with Crippen LogP contribution in [0.15, 0.2) is 34.8 Å². The first-order valence-corrected chi connectivity index (χ1v) is 8.69. The molecule has 9 heteroatoms. The van der Waals surface area contributed by atoms with Crippen molar-refractivity contribution in [1.29, 1.82) is 0 Å². The lowest BCUT2D eigenvalue weighted by Crippen LogP contribution is -2.10. The summed E-state index contributed by atoms with van der Waals surface area (Å²) >= 11 is 3.33. The largest absolute Gasteiger partial charge is 0.496 e. The van der Waals surface area contributed by atoms with Crippen LogP contribution in [0.3, 0.4) is 0 Å². The van der Waals surface area contributed by atoms with Gasteiger partial charge in [0.15, 0.2) is 11.5 Å². The molecule has 0 saturated heterocycles. The third-order valence-electron chi connectivity index (χ3n) is 3.60. The summed E-state index contributed by atoms with van der Waals surface area (Å²) in [7, 11) is 2.88. The molecule has 2 aromatic rings. The first kappa shape index (κ1) is 20.5. The molecule has 0 amide bonds. The summed E-state index contributed by atoms with van der Waals surface area (Å²) in [5, 5.41) is 11.4. The maximum atomic E-state index is 12.5. The number of esters is 1. The van der Waals surface area contributed by atoms with Crippen molar-refractivity contribution in [3.8, 4) is 17.2 Å². The first-order valence-electron chi connectivity index (χ1n) is 7.90. The summed E-state index contributed by atoms with van der Waals surface area (Å²) in [4.78, 5) is 23.2. The van der Waals surface area contributed by atoms with Crippen LogP contribution in [-0.4, -0.2) is 31.7 Å². The molecule has 0 fully saturated rings. The van der Waals surface area contributed by atoms with Crippen molar-refractivity contribution < 1.29 is 28.7 Å². The molecule has 0 bridgehead atoms. The molecule has 144 valence electrons. The van der Waals surface area contributed by atoms with Gasteiger partial charge < -0.3 is 18.9 Å². The normalized spacial score (nSPS) is 10.2. The van der Waals surface area contributed by atoms with Crippen molar-refractivity contribution >= 4 is 27.6 Å². The minimum atomic E-state index is -0.856. The summed E-state index contributed by atoms with van der Waals surface area (Å²) in [6.45, 7) is 1.91. The van der Waals surface area contributed by atoms with Gasteiger partial charge in [-0.1, -0.05) is 15.9 Å². The van der Waals surface area contributed by atoms with E-state index in [1.54, 1.807) is 25.1 Å². The monoisotopic (exact) mass is 439 g/mol. The average Bonchev–Trinajstić information content (AvgIpc) is 2.66. The zero-order valence-electron chi connectivity index (χ0n) is 15.0. The molecule has 0 N–H and O–H groups in total. The highest BCUT2D eigenvalue weighted by atomic mass is 79.9. The molecule has 0 radical (unpaired) electrons. The number of nitrogens with zero attached hydrogens (tertiary/aromatic N) is 1. The Morgan fingerprint density at radius 1 is 1.11 bits per heavy atom. The Morgan fingerprint density at radius 2 is 1.81 bits per heavy atom. The van der Waals surface area contributed by atoms with Gasteiger partial charge in [-0.2, -0.15) is 0 Å². The Bertz CT molecular complexity index is 854. The Labute approximate surface area is 164 Å². The minimum absolute atomic E-state index is 0.117. The van der Waals surface area contributed by atoms with Crippen molar-refractivity contribution in [2.24, 2.45) is 0 Å². The van der Waals surface area contributed by atoms with E-state index in [1.165, 1.54) is 20.3 Å². The predicted molar refractivity (Wildman–Crippen MR) is 101 cm³/mol. The molecule has 2 rings (SSSR count). The second-order valence-corrected chi connectivity index (χ2v) is 6.16. The smallest absolute Gasteiger partial charge is 0.345 e. The van der Waals surface area contributed by atoms with Crippen LogP contribution in [0.5, 0.6) is 17.2 Å². The van der Waals surface area contributed by atoms with Crippen LogP contribution in [0.25, 0.3) is 0 Å². The highest BCUT2D eigenvalue weighted by Crippen LogP contribution is 2.35. The van der Waals surface area contributed by atoms with Crippen LogP contribution in [0.4, 0.5) is 5.69 Å². The molecule has 0 aromatic heterocycles. The minimum Gasteiger partial charge on any atom is -0.496 e. The Kier molecular flexibility index (Phi) is 7.00. The topological polar surface area (TPSA) is 97.1 Å². The highest BCUT2D eigenvalue weighted by Gasteiger charge is 2.26. The van der Waals surface area contributed by atoms with Gasteiger partial charge in [0.25, 0.3) is 5.69 Å². The van der Waals surface area contributed by atoms with Crippen LogP contribution in [0, 0.1) is 10.1 Å². The summed E-state index contributed by atoms with van der Waals surface area (Å²) in [6.07, 6.45) is 0. The molecule has 0 aliphatic rings. The van der Waals surface area contributed by atoms with E-state index in [0.717, 1.165) is 10.5 Å². The van der Waals surface area contributed by atoms with Crippen molar-refractivity contribution in [3.63, 3.8) is 0 Å². The van der Waals surface area contributed by atoms with Crippen molar-refractivity contribution in [2.45, 2.75) is 13.5 Å². The number of hydrogen-bond donors (Lipinski definition) is 0. The molecule has 2 aromatic carbocycles. The molecule has 0 aliphatic carbocycles. The van der Waals surface area contributed by atoms with Crippen LogP contribution < -0.4 is 14.2 Å². The SMILES string of the molecule is CCOc1cc([N+](=O)[O-])c(C(=O)OCc2cc(Br)ccc2OC)cc1OC. The number of hydrogen-bond acceptors (Lipinski definition) is 7. The average molecular weight is 440 g/mol. The molecule has 0 saturated carbocycles. The second-order valence-electron chi connectivity index (χ2n) is 5.24. The number of ether oxygens (including phenoxy) is 4.